The lowest BCUT2D eigenvalue weighted by molar-refractivity contribution is -0.00868. The second-order valence-corrected chi connectivity index (χ2v) is 11.5. The highest BCUT2D eigenvalue weighted by Gasteiger charge is 2.49. The Morgan fingerprint density at radius 2 is 1.40 bits per heavy atom. The summed E-state index contributed by atoms with van der Waals surface area (Å²) in [7, 11) is 0. The smallest absolute Gasteiger partial charge is 0.0698 e. The van der Waals surface area contributed by atoms with Crippen LogP contribution in [0.1, 0.15) is 136 Å². The van der Waals surface area contributed by atoms with Gasteiger partial charge in [-0.1, -0.05) is 104 Å². The average molecular weight is 423 g/mol. The molecular weight excluding hydrogens is 368 g/mol. The molecule has 0 heterocycles. The Hall–Kier alpha value is -0.120. The van der Waals surface area contributed by atoms with E-state index in [2.05, 4.69) is 20.8 Å². The first kappa shape index (κ1) is 26.1. The molecule has 0 spiro atoms. The molecule has 2 saturated carbocycles. The van der Waals surface area contributed by atoms with Crippen LogP contribution in [-0.4, -0.2) is 16.9 Å². The van der Waals surface area contributed by atoms with Gasteiger partial charge < -0.3 is 16.6 Å². The molecule has 30 heavy (non-hydrogen) atoms. The van der Waals surface area contributed by atoms with E-state index in [0.29, 0.717) is 11.8 Å². The van der Waals surface area contributed by atoms with E-state index in [0.717, 1.165) is 38.0 Å². The summed E-state index contributed by atoms with van der Waals surface area (Å²) < 4.78 is 0. The van der Waals surface area contributed by atoms with Crippen molar-refractivity contribution in [3.8, 4) is 0 Å². The monoisotopic (exact) mass is 422 g/mol. The maximum Gasteiger partial charge on any atom is 0.0698 e. The fraction of sp³-hybridized carbons (Fsp3) is 1.00. The van der Waals surface area contributed by atoms with Gasteiger partial charge in [-0.15, -0.1) is 0 Å². The Morgan fingerprint density at radius 3 is 1.93 bits per heavy atom. The molecule has 0 aromatic heterocycles. The molecule has 3 atom stereocenters. The lowest BCUT2D eigenvalue weighted by atomic mass is 9.61. The van der Waals surface area contributed by atoms with Crippen LogP contribution >= 0.6 is 0 Å². The Balaban J connectivity index is 2.19. The number of rotatable bonds is 15. The third-order valence-electron chi connectivity index (χ3n) is 8.60. The van der Waals surface area contributed by atoms with Crippen molar-refractivity contribution in [2.75, 3.05) is 0 Å². The Kier molecular flexibility index (Phi) is 11.1. The van der Waals surface area contributed by atoms with Crippen molar-refractivity contribution in [3.63, 3.8) is 0 Å². The minimum Gasteiger partial charge on any atom is -0.393 e. The Labute approximate surface area is 188 Å². The predicted octanol–water partition coefficient (Wildman–Crippen LogP) is 6.90. The molecular formula is C27H54N2O. The maximum atomic E-state index is 11.2. The van der Waals surface area contributed by atoms with Crippen LogP contribution in [0.15, 0.2) is 0 Å². The van der Waals surface area contributed by atoms with Gasteiger partial charge in [0.15, 0.2) is 0 Å². The van der Waals surface area contributed by atoms with Crippen LogP contribution in [0.3, 0.4) is 0 Å². The molecule has 2 fully saturated rings. The van der Waals surface area contributed by atoms with Crippen LogP contribution in [0.25, 0.3) is 0 Å². The minimum absolute atomic E-state index is 0.121. The summed E-state index contributed by atoms with van der Waals surface area (Å²) in [4.78, 5) is 0. The van der Waals surface area contributed by atoms with Crippen molar-refractivity contribution in [2.45, 2.75) is 148 Å². The van der Waals surface area contributed by atoms with Crippen LogP contribution < -0.4 is 11.5 Å². The van der Waals surface area contributed by atoms with Gasteiger partial charge in [0.1, 0.15) is 0 Å². The second-order valence-electron chi connectivity index (χ2n) is 11.5. The molecule has 0 amide bonds. The Morgan fingerprint density at radius 1 is 0.867 bits per heavy atom. The van der Waals surface area contributed by atoms with Crippen LogP contribution in [0.4, 0.5) is 0 Å². The first-order valence-corrected chi connectivity index (χ1v) is 13.6. The van der Waals surface area contributed by atoms with Gasteiger partial charge in [-0.05, 0) is 49.9 Å². The summed E-state index contributed by atoms with van der Waals surface area (Å²) in [6, 6.07) is 0. The number of aliphatic hydroxyl groups is 1. The van der Waals surface area contributed by atoms with Gasteiger partial charge in [-0.3, -0.25) is 0 Å². The van der Waals surface area contributed by atoms with E-state index in [1.165, 1.54) is 83.5 Å². The summed E-state index contributed by atoms with van der Waals surface area (Å²) in [5.74, 6) is 2.02. The van der Waals surface area contributed by atoms with Crippen molar-refractivity contribution in [1.82, 2.24) is 0 Å². The third kappa shape index (κ3) is 7.78. The molecule has 0 aliphatic heterocycles. The number of nitrogens with two attached hydrogens (primary N) is 2. The van der Waals surface area contributed by atoms with Crippen LogP contribution in [0.5, 0.6) is 0 Å². The molecule has 2 aliphatic carbocycles. The highest BCUT2D eigenvalue weighted by molar-refractivity contribution is 5.02. The standard InChI is InChI=1S/C27H54N2O/c1-4-6-12-22(3)18-25(30)21-26(17-7-5-2,19-23-13-8-9-14-23)27(28,29)20-24-15-10-11-16-24/h22-25,30H,4-21,28-29H2,1-3H3. The zero-order valence-electron chi connectivity index (χ0n) is 20.6. The molecule has 0 saturated heterocycles. The maximum absolute atomic E-state index is 11.2. The van der Waals surface area contributed by atoms with E-state index in [1.54, 1.807) is 0 Å². The number of unbranched alkanes of at least 4 members (excludes halogenated alkanes) is 2. The summed E-state index contributed by atoms with van der Waals surface area (Å²) in [5, 5.41) is 11.2. The van der Waals surface area contributed by atoms with E-state index in [1.807, 2.05) is 0 Å². The topological polar surface area (TPSA) is 72.3 Å². The van der Waals surface area contributed by atoms with E-state index in [4.69, 9.17) is 11.5 Å². The van der Waals surface area contributed by atoms with Gasteiger partial charge in [0, 0.05) is 5.41 Å². The van der Waals surface area contributed by atoms with E-state index in [-0.39, 0.29) is 11.5 Å². The lowest BCUT2D eigenvalue weighted by Gasteiger charge is -2.50. The van der Waals surface area contributed by atoms with Crippen LogP contribution in [0, 0.1) is 23.2 Å². The van der Waals surface area contributed by atoms with E-state index < -0.39 is 5.66 Å². The zero-order valence-corrected chi connectivity index (χ0v) is 20.6. The van der Waals surface area contributed by atoms with E-state index >= 15 is 0 Å². The molecule has 178 valence electrons. The summed E-state index contributed by atoms with van der Waals surface area (Å²) in [6.45, 7) is 6.83. The van der Waals surface area contributed by atoms with Crippen LogP contribution in [-0.2, 0) is 0 Å². The molecule has 0 aromatic rings. The van der Waals surface area contributed by atoms with E-state index in [9.17, 15) is 5.11 Å². The minimum atomic E-state index is -0.659. The van der Waals surface area contributed by atoms with Gasteiger partial charge >= 0.3 is 0 Å². The quantitative estimate of drug-likeness (QED) is 0.251. The average Bonchev–Trinajstić information content (AvgIpc) is 3.38. The number of hydrogen-bond acceptors (Lipinski definition) is 3. The summed E-state index contributed by atoms with van der Waals surface area (Å²) >= 11 is 0. The molecule has 3 heteroatoms. The van der Waals surface area contributed by atoms with Crippen molar-refractivity contribution in [2.24, 2.45) is 34.6 Å². The SMILES string of the molecule is CCCCC(C)CC(O)CC(CCCC)(CC1CCCC1)C(N)(N)CC1CCCC1. The largest absolute Gasteiger partial charge is 0.393 e. The first-order valence-electron chi connectivity index (χ1n) is 13.6. The number of aliphatic hydroxyl groups excluding tert-OH is 1. The van der Waals surface area contributed by atoms with Crippen molar-refractivity contribution in [1.29, 1.82) is 0 Å². The molecule has 3 unspecified atom stereocenters. The molecule has 0 bridgehead atoms. The van der Waals surface area contributed by atoms with Gasteiger partial charge in [-0.25, -0.2) is 0 Å². The zero-order chi connectivity index (χ0) is 22.0. The third-order valence-corrected chi connectivity index (χ3v) is 8.60. The normalized spacial score (nSPS) is 23.0. The predicted molar refractivity (Wildman–Crippen MR) is 130 cm³/mol. The molecule has 2 aliphatic rings. The van der Waals surface area contributed by atoms with Crippen molar-refractivity contribution in [3.05, 3.63) is 0 Å². The molecule has 0 radical (unpaired) electrons. The van der Waals surface area contributed by atoms with Gasteiger partial charge in [-0.2, -0.15) is 0 Å². The first-order chi connectivity index (χ1) is 14.3. The highest BCUT2D eigenvalue weighted by Crippen LogP contribution is 2.50. The fourth-order valence-corrected chi connectivity index (χ4v) is 6.76. The highest BCUT2D eigenvalue weighted by atomic mass is 16.3. The Bertz CT molecular complexity index is 454. The second kappa shape index (κ2) is 12.8. The van der Waals surface area contributed by atoms with Crippen molar-refractivity contribution >= 4 is 0 Å². The molecule has 0 aromatic carbocycles. The van der Waals surface area contributed by atoms with Crippen LogP contribution in [0.2, 0.25) is 0 Å². The molecule has 5 N–H and O–H groups in total. The fourth-order valence-electron chi connectivity index (χ4n) is 6.76. The lowest BCUT2D eigenvalue weighted by Crippen LogP contribution is -2.64. The van der Waals surface area contributed by atoms with Crippen molar-refractivity contribution < 1.29 is 5.11 Å². The number of hydrogen-bond donors (Lipinski definition) is 3. The molecule has 3 nitrogen and oxygen atoms in total. The molecule has 2 rings (SSSR count). The van der Waals surface area contributed by atoms with Gasteiger partial charge in [0.05, 0.1) is 11.8 Å². The summed E-state index contributed by atoms with van der Waals surface area (Å²) in [6.07, 6.45) is 21.3. The van der Waals surface area contributed by atoms with Gasteiger partial charge in [0.2, 0.25) is 0 Å². The van der Waals surface area contributed by atoms with Gasteiger partial charge in [0.25, 0.3) is 0 Å². The summed E-state index contributed by atoms with van der Waals surface area (Å²) in [5.41, 5.74) is 13.5.